The first-order chi connectivity index (χ1) is 11.0. The minimum atomic E-state index is -0.392. The molecule has 0 spiro atoms. The standard InChI is InChI=1S/C17H21N3O3.ClH/c1-12-10-19(13(2)9-18-12)11-16-6-7-17(23-16)14-4-3-5-15(8-14)20(21)22;/h3-8,12-13,18H,9-11H2,1-2H3;1H. The lowest BCUT2D eigenvalue weighted by Gasteiger charge is -2.36. The summed E-state index contributed by atoms with van der Waals surface area (Å²) in [5.41, 5.74) is 0.803. The summed E-state index contributed by atoms with van der Waals surface area (Å²) in [7, 11) is 0. The fraction of sp³-hybridized carbons (Fsp3) is 0.412. The van der Waals surface area contributed by atoms with Gasteiger partial charge in [0.05, 0.1) is 11.5 Å². The van der Waals surface area contributed by atoms with Crippen molar-refractivity contribution < 1.29 is 9.34 Å². The van der Waals surface area contributed by atoms with Crippen molar-refractivity contribution in [1.82, 2.24) is 10.2 Å². The van der Waals surface area contributed by atoms with Gasteiger partial charge in [-0.05, 0) is 26.0 Å². The maximum Gasteiger partial charge on any atom is 0.270 e. The Morgan fingerprint density at radius 3 is 2.88 bits per heavy atom. The van der Waals surface area contributed by atoms with Crippen LogP contribution < -0.4 is 5.32 Å². The quantitative estimate of drug-likeness (QED) is 0.674. The minimum Gasteiger partial charge on any atom is -0.460 e. The van der Waals surface area contributed by atoms with Crippen molar-refractivity contribution >= 4 is 18.1 Å². The first kappa shape index (κ1) is 18.4. The lowest BCUT2D eigenvalue weighted by atomic mass is 10.1. The molecule has 2 unspecified atom stereocenters. The normalized spacial score (nSPS) is 21.2. The highest BCUT2D eigenvalue weighted by Crippen LogP contribution is 2.26. The molecular weight excluding hydrogens is 330 g/mol. The Balaban J connectivity index is 0.00000208. The third-order valence-corrected chi connectivity index (χ3v) is 4.26. The van der Waals surface area contributed by atoms with Crippen LogP contribution in [-0.2, 0) is 6.54 Å². The summed E-state index contributed by atoms with van der Waals surface area (Å²) in [5, 5.41) is 14.3. The van der Waals surface area contributed by atoms with Crippen molar-refractivity contribution in [2.24, 2.45) is 0 Å². The van der Waals surface area contributed by atoms with Gasteiger partial charge in [-0.25, -0.2) is 0 Å². The molecule has 1 saturated heterocycles. The smallest absolute Gasteiger partial charge is 0.270 e. The van der Waals surface area contributed by atoms with Crippen LogP contribution in [0.4, 0.5) is 5.69 Å². The zero-order chi connectivity index (χ0) is 16.4. The molecule has 2 heterocycles. The second-order valence-electron chi connectivity index (χ2n) is 6.16. The Morgan fingerprint density at radius 2 is 2.12 bits per heavy atom. The average molecular weight is 352 g/mol. The lowest BCUT2D eigenvalue weighted by molar-refractivity contribution is -0.384. The van der Waals surface area contributed by atoms with Crippen LogP contribution in [0.2, 0.25) is 0 Å². The molecule has 1 fully saturated rings. The maximum atomic E-state index is 10.9. The van der Waals surface area contributed by atoms with Gasteiger partial charge in [0.25, 0.3) is 5.69 Å². The van der Waals surface area contributed by atoms with Crippen LogP contribution in [0.15, 0.2) is 40.8 Å². The van der Waals surface area contributed by atoms with Gasteiger partial charge in [0.1, 0.15) is 11.5 Å². The van der Waals surface area contributed by atoms with E-state index in [0.717, 1.165) is 31.0 Å². The summed E-state index contributed by atoms with van der Waals surface area (Å²) in [6.45, 7) is 7.08. The number of non-ortho nitro benzene ring substituents is 1. The maximum absolute atomic E-state index is 10.9. The molecule has 1 aromatic carbocycles. The number of rotatable bonds is 4. The van der Waals surface area contributed by atoms with E-state index < -0.39 is 4.92 Å². The number of nitrogens with zero attached hydrogens (tertiary/aromatic N) is 2. The topological polar surface area (TPSA) is 71.5 Å². The molecule has 0 saturated carbocycles. The second kappa shape index (κ2) is 7.79. The van der Waals surface area contributed by atoms with Crippen LogP contribution in [0.25, 0.3) is 11.3 Å². The summed E-state index contributed by atoms with van der Waals surface area (Å²) in [5.74, 6) is 1.55. The number of hydrogen-bond donors (Lipinski definition) is 1. The zero-order valence-electron chi connectivity index (χ0n) is 13.8. The molecule has 6 nitrogen and oxygen atoms in total. The molecule has 130 valence electrons. The molecule has 7 heteroatoms. The molecule has 1 N–H and O–H groups in total. The summed E-state index contributed by atoms with van der Waals surface area (Å²) in [6, 6.07) is 11.3. The number of furan rings is 1. The minimum absolute atomic E-state index is 0. The third kappa shape index (κ3) is 4.14. The summed E-state index contributed by atoms with van der Waals surface area (Å²) >= 11 is 0. The molecule has 0 aliphatic carbocycles. The fourth-order valence-electron chi connectivity index (χ4n) is 2.91. The van der Waals surface area contributed by atoms with Crippen LogP contribution in [0.3, 0.4) is 0 Å². The van der Waals surface area contributed by atoms with E-state index in [1.165, 1.54) is 12.1 Å². The molecule has 1 aliphatic heterocycles. The van der Waals surface area contributed by atoms with Crippen LogP contribution >= 0.6 is 12.4 Å². The van der Waals surface area contributed by atoms with E-state index in [9.17, 15) is 10.1 Å². The van der Waals surface area contributed by atoms with Crippen molar-refractivity contribution in [1.29, 1.82) is 0 Å². The molecule has 0 bridgehead atoms. The zero-order valence-corrected chi connectivity index (χ0v) is 14.6. The number of nitrogens with one attached hydrogen (secondary N) is 1. The Labute approximate surface area is 147 Å². The first-order valence-electron chi connectivity index (χ1n) is 7.84. The van der Waals surface area contributed by atoms with Crippen molar-refractivity contribution in [3.63, 3.8) is 0 Å². The molecule has 0 radical (unpaired) electrons. The van der Waals surface area contributed by atoms with Gasteiger partial charge in [0, 0.05) is 42.9 Å². The Kier molecular flexibility index (Phi) is 5.99. The first-order valence-corrected chi connectivity index (χ1v) is 7.84. The van der Waals surface area contributed by atoms with Gasteiger partial charge in [-0.2, -0.15) is 0 Å². The van der Waals surface area contributed by atoms with Crippen LogP contribution in [0, 0.1) is 10.1 Å². The van der Waals surface area contributed by atoms with E-state index in [1.807, 2.05) is 18.2 Å². The van der Waals surface area contributed by atoms with E-state index in [2.05, 4.69) is 24.1 Å². The highest BCUT2D eigenvalue weighted by molar-refractivity contribution is 5.85. The molecule has 1 aromatic heterocycles. The van der Waals surface area contributed by atoms with E-state index in [1.54, 1.807) is 6.07 Å². The van der Waals surface area contributed by atoms with Gasteiger partial charge in [-0.15, -0.1) is 12.4 Å². The molecule has 0 amide bonds. The summed E-state index contributed by atoms with van der Waals surface area (Å²) in [4.78, 5) is 12.9. The number of nitro benzene ring substituents is 1. The molecule has 3 rings (SSSR count). The highest BCUT2D eigenvalue weighted by Gasteiger charge is 2.23. The number of hydrogen-bond acceptors (Lipinski definition) is 5. The molecule has 1 aliphatic rings. The van der Waals surface area contributed by atoms with Crippen LogP contribution in [0.5, 0.6) is 0 Å². The van der Waals surface area contributed by atoms with E-state index in [0.29, 0.717) is 17.8 Å². The summed E-state index contributed by atoms with van der Waals surface area (Å²) < 4.78 is 5.91. The van der Waals surface area contributed by atoms with Gasteiger partial charge < -0.3 is 9.73 Å². The predicted octanol–water partition coefficient (Wildman–Crippen LogP) is 3.46. The molecule has 2 atom stereocenters. The van der Waals surface area contributed by atoms with Crippen molar-refractivity contribution in [2.75, 3.05) is 13.1 Å². The number of nitro groups is 1. The van der Waals surface area contributed by atoms with Crippen LogP contribution in [0.1, 0.15) is 19.6 Å². The fourth-order valence-corrected chi connectivity index (χ4v) is 2.91. The van der Waals surface area contributed by atoms with Gasteiger partial charge in [0.15, 0.2) is 0 Å². The lowest BCUT2D eigenvalue weighted by Crippen LogP contribution is -2.53. The van der Waals surface area contributed by atoms with Gasteiger partial charge in [-0.3, -0.25) is 15.0 Å². The number of benzene rings is 1. The van der Waals surface area contributed by atoms with Gasteiger partial charge in [-0.1, -0.05) is 12.1 Å². The van der Waals surface area contributed by atoms with Crippen LogP contribution in [-0.4, -0.2) is 35.0 Å². The Bertz CT molecular complexity index is 704. The number of halogens is 1. The van der Waals surface area contributed by atoms with Crippen molar-refractivity contribution in [2.45, 2.75) is 32.5 Å². The molecular formula is C17H22ClN3O3. The molecule has 2 aromatic rings. The highest BCUT2D eigenvalue weighted by atomic mass is 35.5. The molecule has 24 heavy (non-hydrogen) atoms. The summed E-state index contributed by atoms with van der Waals surface area (Å²) in [6.07, 6.45) is 0. The Hall–Kier alpha value is -1.89. The third-order valence-electron chi connectivity index (χ3n) is 4.26. The average Bonchev–Trinajstić information content (AvgIpc) is 3.00. The monoisotopic (exact) mass is 351 g/mol. The van der Waals surface area contributed by atoms with E-state index in [-0.39, 0.29) is 18.1 Å². The van der Waals surface area contributed by atoms with Gasteiger partial charge in [0.2, 0.25) is 0 Å². The van der Waals surface area contributed by atoms with E-state index >= 15 is 0 Å². The Morgan fingerprint density at radius 1 is 1.33 bits per heavy atom. The van der Waals surface area contributed by atoms with Crippen molar-refractivity contribution in [3.8, 4) is 11.3 Å². The predicted molar refractivity (Wildman–Crippen MR) is 95.4 cm³/mol. The largest absolute Gasteiger partial charge is 0.460 e. The van der Waals surface area contributed by atoms with Crippen molar-refractivity contribution in [3.05, 3.63) is 52.3 Å². The second-order valence-corrected chi connectivity index (χ2v) is 6.16. The van der Waals surface area contributed by atoms with Gasteiger partial charge >= 0.3 is 0 Å². The number of piperazine rings is 1. The SMILES string of the molecule is CC1CN(Cc2ccc(-c3cccc([N+](=O)[O-])c3)o2)C(C)CN1.Cl. The van der Waals surface area contributed by atoms with E-state index in [4.69, 9.17) is 4.42 Å².